The van der Waals surface area contributed by atoms with Crippen LogP contribution in [0, 0.1) is 0 Å². The lowest BCUT2D eigenvalue weighted by molar-refractivity contribution is -0.141. The molecule has 0 fully saturated rings. The van der Waals surface area contributed by atoms with Gasteiger partial charge in [-0.2, -0.15) is 4.72 Å². The number of aromatic carboxylic acids is 1. The standard InChI is InChI=1S/C11H14N2O6S/c1-2-19-10(14)6-13-20(17,18)9-5-7(12)3-4-8(9)11(15)16/h3-5,13H,2,6,12H2,1H3,(H,15,16). The maximum absolute atomic E-state index is 12.0. The van der Waals surface area contributed by atoms with E-state index in [1.807, 2.05) is 4.72 Å². The van der Waals surface area contributed by atoms with E-state index in [0.717, 1.165) is 12.1 Å². The molecule has 0 spiro atoms. The second-order valence-corrected chi connectivity index (χ2v) is 5.43. The van der Waals surface area contributed by atoms with Crippen LogP contribution in [0.1, 0.15) is 17.3 Å². The number of carboxylic acids is 1. The fourth-order valence-electron chi connectivity index (χ4n) is 1.38. The Morgan fingerprint density at radius 2 is 2.05 bits per heavy atom. The molecular formula is C11H14N2O6S. The Bertz CT molecular complexity index is 626. The molecule has 110 valence electrons. The molecule has 0 saturated carbocycles. The number of nitrogens with two attached hydrogens (primary N) is 1. The number of carbonyl (C=O) groups excluding carboxylic acids is 1. The molecule has 0 saturated heterocycles. The van der Waals surface area contributed by atoms with Crippen molar-refractivity contribution in [1.29, 1.82) is 0 Å². The number of rotatable bonds is 6. The normalized spacial score (nSPS) is 11.1. The van der Waals surface area contributed by atoms with Crippen molar-refractivity contribution in [3.63, 3.8) is 0 Å². The summed E-state index contributed by atoms with van der Waals surface area (Å²) in [6.07, 6.45) is 0. The van der Waals surface area contributed by atoms with Crippen molar-refractivity contribution in [2.24, 2.45) is 0 Å². The SMILES string of the molecule is CCOC(=O)CNS(=O)(=O)c1cc(N)ccc1C(=O)O. The molecule has 1 rings (SSSR count). The molecule has 0 aliphatic rings. The Labute approximate surface area is 115 Å². The summed E-state index contributed by atoms with van der Waals surface area (Å²) in [4.78, 5) is 21.6. The molecule has 20 heavy (non-hydrogen) atoms. The third-order valence-corrected chi connectivity index (χ3v) is 3.68. The van der Waals surface area contributed by atoms with Gasteiger partial charge in [0.15, 0.2) is 0 Å². The van der Waals surface area contributed by atoms with Gasteiger partial charge in [-0.25, -0.2) is 13.2 Å². The smallest absolute Gasteiger partial charge is 0.337 e. The minimum absolute atomic E-state index is 0.0894. The van der Waals surface area contributed by atoms with Crippen molar-refractivity contribution in [3.05, 3.63) is 23.8 Å². The summed E-state index contributed by atoms with van der Waals surface area (Å²) in [6.45, 7) is 1.09. The van der Waals surface area contributed by atoms with Gasteiger partial charge in [-0.15, -0.1) is 0 Å². The first-order valence-electron chi connectivity index (χ1n) is 5.56. The van der Waals surface area contributed by atoms with Crippen LogP contribution in [0.25, 0.3) is 0 Å². The number of hydrogen-bond acceptors (Lipinski definition) is 6. The third-order valence-electron chi connectivity index (χ3n) is 2.24. The number of hydrogen-bond donors (Lipinski definition) is 3. The molecule has 0 amide bonds. The number of anilines is 1. The van der Waals surface area contributed by atoms with Crippen molar-refractivity contribution < 1.29 is 27.9 Å². The number of nitrogens with one attached hydrogen (secondary N) is 1. The van der Waals surface area contributed by atoms with Gasteiger partial charge in [0.25, 0.3) is 0 Å². The van der Waals surface area contributed by atoms with Gasteiger partial charge in [0.1, 0.15) is 6.54 Å². The number of sulfonamides is 1. The summed E-state index contributed by atoms with van der Waals surface area (Å²) in [7, 11) is -4.18. The van der Waals surface area contributed by atoms with Crippen LogP contribution in [0.15, 0.2) is 23.1 Å². The van der Waals surface area contributed by atoms with E-state index < -0.39 is 39.0 Å². The predicted octanol–water partition coefficient (Wildman–Crippen LogP) is -0.192. The van der Waals surface area contributed by atoms with E-state index in [4.69, 9.17) is 10.8 Å². The molecule has 0 aliphatic carbocycles. The Kier molecular flexibility index (Phi) is 5.06. The van der Waals surface area contributed by atoms with Crippen molar-refractivity contribution in [3.8, 4) is 0 Å². The summed E-state index contributed by atoms with van der Waals surface area (Å²) >= 11 is 0. The lowest BCUT2D eigenvalue weighted by Gasteiger charge is -2.09. The van der Waals surface area contributed by atoms with Crippen LogP contribution in [0.4, 0.5) is 5.69 Å². The van der Waals surface area contributed by atoms with Crippen LogP contribution in [-0.4, -0.2) is 38.6 Å². The average molecular weight is 302 g/mol. The van der Waals surface area contributed by atoms with Gasteiger partial charge in [-0.1, -0.05) is 0 Å². The Morgan fingerprint density at radius 1 is 1.40 bits per heavy atom. The zero-order valence-electron chi connectivity index (χ0n) is 10.6. The van der Waals surface area contributed by atoms with Gasteiger partial charge in [0.2, 0.25) is 10.0 Å². The fraction of sp³-hybridized carbons (Fsp3) is 0.273. The number of benzene rings is 1. The first-order valence-corrected chi connectivity index (χ1v) is 7.04. The van der Waals surface area contributed by atoms with Crippen molar-refractivity contribution in [2.45, 2.75) is 11.8 Å². The first kappa shape index (κ1) is 15.9. The second-order valence-electron chi connectivity index (χ2n) is 3.69. The quantitative estimate of drug-likeness (QED) is 0.489. The molecule has 0 atom stereocenters. The Hall–Kier alpha value is -2.13. The van der Waals surface area contributed by atoms with E-state index in [1.54, 1.807) is 6.92 Å². The highest BCUT2D eigenvalue weighted by Gasteiger charge is 2.23. The molecule has 0 aromatic heterocycles. The Morgan fingerprint density at radius 3 is 2.60 bits per heavy atom. The topological polar surface area (TPSA) is 136 Å². The minimum atomic E-state index is -4.18. The number of esters is 1. The molecule has 0 bridgehead atoms. The summed E-state index contributed by atoms with van der Waals surface area (Å²) in [5.41, 5.74) is 5.11. The van der Waals surface area contributed by atoms with Crippen LogP contribution in [0.3, 0.4) is 0 Å². The molecule has 8 nitrogen and oxygen atoms in total. The minimum Gasteiger partial charge on any atom is -0.478 e. The number of ether oxygens (including phenoxy) is 1. The van der Waals surface area contributed by atoms with Gasteiger partial charge in [0, 0.05) is 5.69 Å². The molecule has 0 aliphatic heterocycles. The van der Waals surface area contributed by atoms with E-state index in [2.05, 4.69) is 4.74 Å². The maximum Gasteiger partial charge on any atom is 0.337 e. The van der Waals surface area contributed by atoms with Crippen molar-refractivity contribution in [1.82, 2.24) is 4.72 Å². The highest BCUT2D eigenvalue weighted by Crippen LogP contribution is 2.19. The molecule has 4 N–H and O–H groups in total. The molecule has 0 radical (unpaired) electrons. The molecule has 0 heterocycles. The van der Waals surface area contributed by atoms with Crippen molar-refractivity contribution in [2.75, 3.05) is 18.9 Å². The summed E-state index contributed by atoms with van der Waals surface area (Å²) in [5, 5.41) is 8.96. The predicted molar refractivity (Wildman–Crippen MR) is 69.6 cm³/mol. The number of nitrogen functional groups attached to an aromatic ring is 1. The van der Waals surface area contributed by atoms with E-state index in [-0.39, 0.29) is 12.3 Å². The summed E-state index contributed by atoms with van der Waals surface area (Å²) in [5.74, 6) is -2.18. The van der Waals surface area contributed by atoms with Gasteiger partial charge < -0.3 is 15.6 Å². The highest BCUT2D eigenvalue weighted by molar-refractivity contribution is 7.89. The molecule has 9 heteroatoms. The molecular weight excluding hydrogens is 288 g/mol. The van der Waals surface area contributed by atoms with E-state index in [1.165, 1.54) is 6.07 Å². The van der Waals surface area contributed by atoms with Gasteiger partial charge in [-0.3, -0.25) is 4.79 Å². The zero-order valence-corrected chi connectivity index (χ0v) is 11.4. The molecule has 0 unspecified atom stereocenters. The monoisotopic (exact) mass is 302 g/mol. The Balaban J connectivity index is 3.06. The first-order chi connectivity index (χ1) is 9.27. The lowest BCUT2D eigenvalue weighted by Crippen LogP contribution is -2.31. The number of carboxylic acid groups (broad SMARTS) is 1. The van der Waals surface area contributed by atoms with Gasteiger partial charge >= 0.3 is 11.9 Å². The molecule has 1 aromatic rings. The van der Waals surface area contributed by atoms with E-state index >= 15 is 0 Å². The van der Waals surface area contributed by atoms with E-state index in [0.29, 0.717) is 0 Å². The van der Waals surface area contributed by atoms with Crippen molar-refractivity contribution >= 4 is 27.6 Å². The van der Waals surface area contributed by atoms with Crippen LogP contribution in [-0.2, 0) is 19.6 Å². The third kappa shape index (κ3) is 3.93. The summed E-state index contributed by atoms with van der Waals surface area (Å²) in [6, 6.07) is 3.36. The van der Waals surface area contributed by atoms with Crippen LogP contribution in [0.5, 0.6) is 0 Å². The number of carbonyl (C=O) groups is 2. The average Bonchev–Trinajstić information content (AvgIpc) is 2.36. The fourth-order valence-corrected chi connectivity index (χ4v) is 2.58. The second kappa shape index (κ2) is 6.35. The van der Waals surface area contributed by atoms with Gasteiger partial charge in [-0.05, 0) is 25.1 Å². The van der Waals surface area contributed by atoms with Crippen LogP contribution < -0.4 is 10.5 Å². The zero-order chi connectivity index (χ0) is 15.3. The van der Waals surface area contributed by atoms with Crippen LogP contribution >= 0.6 is 0 Å². The summed E-state index contributed by atoms with van der Waals surface area (Å²) < 4.78 is 30.5. The van der Waals surface area contributed by atoms with E-state index in [9.17, 15) is 18.0 Å². The maximum atomic E-state index is 12.0. The highest BCUT2D eigenvalue weighted by atomic mass is 32.2. The largest absolute Gasteiger partial charge is 0.478 e. The van der Waals surface area contributed by atoms with Gasteiger partial charge in [0.05, 0.1) is 17.1 Å². The lowest BCUT2D eigenvalue weighted by atomic mass is 10.2. The van der Waals surface area contributed by atoms with Crippen LogP contribution in [0.2, 0.25) is 0 Å². The molecule has 1 aromatic carbocycles.